The number of aromatic nitrogens is 6. The van der Waals surface area contributed by atoms with Crippen molar-refractivity contribution in [3.63, 3.8) is 0 Å². The van der Waals surface area contributed by atoms with Crippen LogP contribution in [0.2, 0.25) is 0 Å². The molecular formula is C40H60N6. The fourth-order valence-corrected chi connectivity index (χ4v) is 4.17. The molecule has 0 aliphatic carbocycles. The summed E-state index contributed by atoms with van der Waals surface area (Å²) in [5.41, 5.74) is 11.6. The Morgan fingerprint density at radius 2 is 0.739 bits per heavy atom. The third-order valence-electron chi connectivity index (χ3n) is 5.68. The van der Waals surface area contributed by atoms with Crippen molar-refractivity contribution in [2.45, 2.75) is 111 Å². The van der Waals surface area contributed by atoms with Crippen LogP contribution in [0.3, 0.4) is 0 Å². The van der Waals surface area contributed by atoms with Crippen molar-refractivity contribution < 1.29 is 0 Å². The minimum Gasteiger partial charge on any atom is -0.254 e. The van der Waals surface area contributed by atoms with Crippen LogP contribution in [-0.2, 0) is 0 Å². The maximum atomic E-state index is 4.37. The van der Waals surface area contributed by atoms with Crippen LogP contribution in [0.4, 0.5) is 0 Å². The lowest BCUT2D eigenvalue weighted by atomic mass is 10.1. The minimum atomic E-state index is 0.843. The summed E-state index contributed by atoms with van der Waals surface area (Å²) in [7, 11) is 0. The van der Waals surface area contributed by atoms with Gasteiger partial charge in [-0.05, 0) is 113 Å². The molecule has 0 amide bonds. The van der Waals surface area contributed by atoms with Gasteiger partial charge in [-0.1, -0.05) is 69.2 Å². The van der Waals surface area contributed by atoms with E-state index in [0.29, 0.717) is 0 Å². The highest BCUT2D eigenvalue weighted by molar-refractivity contribution is 5.79. The molecule has 6 nitrogen and oxygen atoms in total. The van der Waals surface area contributed by atoms with E-state index in [2.05, 4.69) is 68.9 Å². The molecule has 6 aromatic heterocycles. The summed E-state index contributed by atoms with van der Waals surface area (Å²) in [5, 5.41) is 1.14. The molecule has 6 rings (SSSR count). The Balaban J connectivity index is 0. The van der Waals surface area contributed by atoms with E-state index < -0.39 is 0 Å². The van der Waals surface area contributed by atoms with Gasteiger partial charge in [0.1, 0.15) is 0 Å². The van der Waals surface area contributed by atoms with Crippen LogP contribution in [-0.4, -0.2) is 29.9 Å². The van der Waals surface area contributed by atoms with Crippen LogP contribution in [0, 0.1) is 41.5 Å². The molecule has 0 aliphatic heterocycles. The number of hydrogen-bond acceptors (Lipinski definition) is 6. The molecule has 0 N–H and O–H groups in total. The van der Waals surface area contributed by atoms with E-state index in [1.54, 1.807) is 18.6 Å². The minimum absolute atomic E-state index is 0.843. The van der Waals surface area contributed by atoms with E-state index in [1.807, 2.05) is 126 Å². The molecular weight excluding hydrogens is 564 g/mol. The van der Waals surface area contributed by atoms with Gasteiger partial charge in [0.05, 0.1) is 22.1 Å². The van der Waals surface area contributed by atoms with Gasteiger partial charge >= 0.3 is 0 Å². The van der Waals surface area contributed by atoms with Crippen LogP contribution in [0.1, 0.15) is 103 Å². The topological polar surface area (TPSA) is 77.3 Å². The highest BCUT2D eigenvalue weighted by Gasteiger charge is 2.00. The first-order valence-corrected chi connectivity index (χ1v) is 16.9. The third kappa shape index (κ3) is 14.2. The Bertz CT molecular complexity index is 1460. The molecule has 6 heterocycles. The average Bonchev–Trinajstić information content (AvgIpc) is 3.10. The Kier molecular flexibility index (Phi) is 24.7. The normalized spacial score (nSPS) is 8.87. The lowest BCUT2D eigenvalue weighted by Gasteiger charge is -2.00. The van der Waals surface area contributed by atoms with E-state index in [9.17, 15) is 0 Å². The number of hydrogen-bond donors (Lipinski definition) is 0. The smallest absolute Gasteiger partial charge is 0.159 e. The molecule has 0 unspecified atom stereocenters. The maximum absolute atomic E-state index is 4.37. The predicted octanol–water partition coefficient (Wildman–Crippen LogP) is 11.9. The summed E-state index contributed by atoms with van der Waals surface area (Å²) < 4.78 is 0. The fraction of sp³-hybridized carbons (Fsp3) is 0.400. The maximum Gasteiger partial charge on any atom is 0.159 e. The molecule has 0 aliphatic rings. The first kappa shape index (κ1) is 43.8. The van der Waals surface area contributed by atoms with Gasteiger partial charge in [0, 0.05) is 41.1 Å². The molecule has 0 fully saturated rings. The number of nitrogens with zero attached hydrogens (tertiary/aromatic N) is 6. The van der Waals surface area contributed by atoms with Crippen LogP contribution in [0.5, 0.6) is 0 Å². The summed E-state index contributed by atoms with van der Waals surface area (Å²) >= 11 is 0. The zero-order chi connectivity index (χ0) is 35.7. The zero-order valence-corrected chi connectivity index (χ0v) is 31.6. The Morgan fingerprint density at radius 1 is 0.391 bits per heavy atom. The molecule has 6 heteroatoms. The largest absolute Gasteiger partial charge is 0.254 e. The molecule has 250 valence electrons. The lowest BCUT2D eigenvalue weighted by molar-refractivity contribution is 1.19. The molecule has 0 saturated carbocycles. The van der Waals surface area contributed by atoms with Crippen molar-refractivity contribution in [3.8, 4) is 0 Å². The van der Waals surface area contributed by atoms with Gasteiger partial charge in [-0.25, -0.2) is 9.97 Å². The lowest BCUT2D eigenvalue weighted by Crippen LogP contribution is -1.88. The van der Waals surface area contributed by atoms with E-state index in [-0.39, 0.29) is 0 Å². The van der Waals surface area contributed by atoms with Crippen LogP contribution < -0.4 is 0 Å². The van der Waals surface area contributed by atoms with Gasteiger partial charge < -0.3 is 0 Å². The first-order valence-electron chi connectivity index (χ1n) is 16.9. The Morgan fingerprint density at radius 3 is 1.17 bits per heavy atom. The highest BCUT2D eigenvalue weighted by Crippen LogP contribution is 2.15. The van der Waals surface area contributed by atoms with Crippen LogP contribution >= 0.6 is 0 Å². The highest BCUT2D eigenvalue weighted by atomic mass is 14.8. The van der Waals surface area contributed by atoms with Crippen molar-refractivity contribution in [1.82, 2.24) is 29.9 Å². The fourth-order valence-electron chi connectivity index (χ4n) is 4.17. The van der Waals surface area contributed by atoms with Gasteiger partial charge in [-0.3, -0.25) is 19.9 Å². The molecule has 0 aromatic carbocycles. The standard InChI is InChI=1S/3C10H10N2.5C2H6/c2*1-7-6-8(2)12-9-4-3-5-11-10(7)9;1-7-6-8(2)12-10-9(7)4-3-5-11-10;5*1-2/h3*3-6H,1-2H3;5*1-2H3. The van der Waals surface area contributed by atoms with Crippen molar-refractivity contribution in [3.05, 3.63) is 107 Å². The van der Waals surface area contributed by atoms with Gasteiger partial charge in [-0.15, -0.1) is 0 Å². The summed E-state index contributed by atoms with van der Waals surface area (Å²) in [6.07, 6.45) is 5.37. The summed E-state index contributed by atoms with van der Waals surface area (Å²) in [5.74, 6) is 0. The number of rotatable bonds is 0. The zero-order valence-electron chi connectivity index (χ0n) is 31.6. The quantitative estimate of drug-likeness (QED) is 0.167. The second kappa shape index (κ2) is 26.0. The number of aryl methyl sites for hydroxylation is 6. The average molecular weight is 625 g/mol. The molecule has 0 spiro atoms. The van der Waals surface area contributed by atoms with Crippen LogP contribution in [0.25, 0.3) is 33.1 Å². The second-order valence-corrected chi connectivity index (χ2v) is 8.86. The second-order valence-electron chi connectivity index (χ2n) is 8.86. The Labute approximate surface area is 280 Å². The van der Waals surface area contributed by atoms with Crippen molar-refractivity contribution in [2.24, 2.45) is 0 Å². The van der Waals surface area contributed by atoms with E-state index in [4.69, 9.17) is 0 Å². The van der Waals surface area contributed by atoms with Crippen LogP contribution in [0.15, 0.2) is 73.2 Å². The first-order chi connectivity index (χ1) is 22.3. The number of pyridine rings is 6. The molecule has 0 bridgehead atoms. The summed E-state index contributed by atoms with van der Waals surface area (Å²) in [6, 6.07) is 18.0. The molecule has 46 heavy (non-hydrogen) atoms. The SMILES string of the molecule is CC.CC.CC.CC.CC.Cc1cc(C)c2cccnc2n1.Cc1cc(C)c2ncccc2n1.Cc1cc(C)c2ncccc2n1. The van der Waals surface area contributed by atoms with Crippen molar-refractivity contribution in [1.29, 1.82) is 0 Å². The van der Waals surface area contributed by atoms with Gasteiger partial charge in [0.25, 0.3) is 0 Å². The molecule has 0 atom stereocenters. The molecule has 0 saturated heterocycles. The van der Waals surface area contributed by atoms with E-state index in [0.717, 1.165) is 50.2 Å². The van der Waals surface area contributed by atoms with Crippen molar-refractivity contribution in [2.75, 3.05) is 0 Å². The molecule has 6 aromatic rings. The monoisotopic (exact) mass is 624 g/mol. The van der Waals surface area contributed by atoms with Gasteiger partial charge in [-0.2, -0.15) is 0 Å². The van der Waals surface area contributed by atoms with Gasteiger partial charge in [0.15, 0.2) is 5.65 Å². The van der Waals surface area contributed by atoms with E-state index in [1.165, 1.54) is 16.7 Å². The molecule has 0 radical (unpaired) electrons. The predicted molar refractivity (Wildman–Crippen MR) is 204 cm³/mol. The number of fused-ring (bicyclic) bond motifs is 3. The van der Waals surface area contributed by atoms with E-state index >= 15 is 0 Å². The van der Waals surface area contributed by atoms with Gasteiger partial charge in [0.2, 0.25) is 0 Å². The summed E-state index contributed by atoms with van der Waals surface area (Å²) in [4.78, 5) is 25.8. The Hall–Kier alpha value is -4.32. The third-order valence-corrected chi connectivity index (χ3v) is 5.68. The summed E-state index contributed by atoms with van der Waals surface area (Å²) in [6.45, 7) is 32.2. The van der Waals surface area contributed by atoms with Crippen molar-refractivity contribution >= 4 is 33.1 Å².